The van der Waals surface area contributed by atoms with Gasteiger partial charge in [0.2, 0.25) is 5.91 Å². The molecule has 0 spiro atoms. The summed E-state index contributed by atoms with van der Waals surface area (Å²) >= 11 is 0. The smallest absolute Gasteiger partial charge is 0.224 e. The fourth-order valence-electron chi connectivity index (χ4n) is 2.73. The summed E-state index contributed by atoms with van der Waals surface area (Å²) in [6.45, 7) is 5.19. The minimum absolute atomic E-state index is 0.251. The number of ether oxygens (including phenoxy) is 1. The van der Waals surface area contributed by atoms with Crippen LogP contribution in [0.25, 0.3) is 0 Å². The Bertz CT molecular complexity index is 476. The monoisotopic (exact) mass is 290 g/mol. The third-order valence-electron chi connectivity index (χ3n) is 4.32. The Balaban J connectivity index is 1.82. The molecule has 1 amide bonds. The minimum atomic E-state index is 0.251. The molecule has 4 nitrogen and oxygen atoms in total. The van der Waals surface area contributed by atoms with E-state index in [2.05, 4.69) is 30.0 Å². The number of hydrogen-bond donors (Lipinski definition) is 0. The molecule has 1 aromatic carbocycles. The predicted molar refractivity (Wildman–Crippen MR) is 84.1 cm³/mol. The molecule has 2 rings (SSSR count). The van der Waals surface area contributed by atoms with Gasteiger partial charge < -0.3 is 14.5 Å². The number of carbonyl (C=O) groups excluding carboxylic acids is 1. The van der Waals surface area contributed by atoms with Gasteiger partial charge in [-0.2, -0.15) is 0 Å². The summed E-state index contributed by atoms with van der Waals surface area (Å²) in [5.74, 6) is 0.251. The van der Waals surface area contributed by atoms with Crippen molar-refractivity contribution in [2.45, 2.75) is 32.4 Å². The molecule has 1 aliphatic rings. The standard InChI is InChI=1S/C17H26N2O2/c1-14(13-21-3)18(2)10-9-17(20)19-11-8-15-6-4-5-7-16(15)12-19/h4-7,14H,8-13H2,1-3H3/t14-/m1/s1. The summed E-state index contributed by atoms with van der Waals surface area (Å²) in [6, 6.07) is 8.75. The maximum atomic E-state index is 12.4. The van der Waals surface area contributed by atoms with Crippen molar-refractivity contribution in [2.24, 2.45) is 0 Å². The van der Waals surface area contributed by atoms with E-state index in [0.717, 1.165) is 26.1 Å². The number of fused-ring (bicyclic) bond motifs is 1. The molecule has 4 heteroatoms. The largest absolute Gasteiger partial charge is 0.383 e. The van der Waals surface area contributed by atoms with E-state index in [4.69, 9.17) is 4.74 Å². The van der Waals surface area contributed by atoms with Crippen molar-refractivity contribution >= 4 is 5.91 Å². The van der Waals surface area contributed by atoms with E-state index >= 15 is 0 Å². The average molecular weight is 290 g/mol. The summed E-state index contributed by atoms with van der Waals surface area (Å²) in [5, 5.41) is 0. The lowest BCUT2D eigenvalue weighted by atomic mass is 10.00. The SMILES string of the molecule is COC[C@@H](C)N(C)CCC(=O)N1CCc2ccccc2C1. The molecular formula is C17H26N2O2. The first-order valence-corrected chi connectivity index (χ1v) is 7.65. The van der Waals surface area contributed by atoms with E-state index in [1.165, 1.54) is 11.1 Å². The molecule has 1 aromatic rings. The number of benzene rings is 1. The first-order chi connectivity index (χ1) is 10.1. The first kappa shape index (κ1) is 16.0. The zero-order chi connectivity index (χ0) is 15.2. The van der Waals surface area contributed by atoms with E-state index in [1.54, 1.807) is 7.11 Å². The highest BCUT2D eigenvalue weighted by molar-refractivity contribution is 5.76. The molecule has 0 aliphatic carbocycles. The Morgan fingerprint density at radius 3 is 2.81 bits per heavy atom. The van der Waals surface area contributed by atoms with Crippen LogP contribution in [0.15, 0.2) is 24.3 Å². The van der Waals surface area contributed by atoms with Crippen LogP contribution in [0.4, 0.5) is 0 Å². The zero-order valence-electron chi connectivity index (χ0n) is 13.3. The topological polar surface area (TPSA) is 32.8 Å². The van der Waals surface area contributed by atoms with Gasteiger partial charge in [-0.15, -0.1) is 0 Å². The lowest BCUT2D eigenvalue weighted by Gasteiger charge is -2.30. The number of carbonyl (C=O) groups is 1. The molecule has 0 radical (unpaired) electrons. The summed E-state index contributed by atoms with van der Waals surface area (Å²) in [5.41, 5.74) is 2.67. The molecule has 116 valence electrons. The van der Waals surface area contributed by atoms with Crippen LogP contribution in [0.2, 0.25) is 0 Å². The van der Waals surface area contributed by atoms with Crippen LogP contribution in [0.1, 0.15) is 24.5 Å². The van der Waals surface area contributed by atoms with Crippen molar-refractivity contribution in [3.05, 3.63) is 35.4 Å². The van der Waals surface area contributed by atoms with Gasteiger partial charge in [-0.1, -0.05) is 24.3 Å². The number of amides is 1. The van der Waals surface area contributed by atoms with Crippen LogP contribution in [0.5, 0.6) is 0 Å². The normalized spacial score (nSPS) is 15.9. The van der Waals surface area contributed by atoms with Crippen LogP contribution >= 0.6 is 0 Å². The average Bonchev–Trinajstić information content (AvgIpc) is 2.52. The highest BCUT2D eigenvalue weighted by Crippen LogP contribution is 2.19. The Morgan fingerprint density at radius 1 is 1.38 bits per heavy atom. The highest BCUT2D eigenvalue weighted by atomic mass is 16.5. The maximum Gasteiger partial charge on any atom is 0.224 e. The lowest BCUT2D eigenvalue weighted by Crippen LogP contribution is -2.39. The van der Waals surface area contributed by atoms with Crippen LogP contribution < -0.4 is 0 Å². The van der Waals surface area contributed by atoms with Crippen molar-refractivity contribution in [1.82, 2.24) is 9.80 Å². The summed E-state index contributed by atoms with van der Waals surface area (Å²) < 4.78 is 5.15. The molecule has 0 fully saturated rings. The van der Waals surface area contributed by atoms with Gasteiger partial charge in [-0.05, 0) is 31.5 Å². The van der Waals surface area contributed by atoms with Gasteiger partial charge in [0.05, 0.1) is 6.61 Å². The van der Waals surface area contributed by atoms with Crippen LogP contribution in [-0.4, -0.2) is 55.6 Å². The van der Waals surface area contributed by atoms with Crippen molar-refractivity contribution in [1.29, 1.82) is 0 Å². The van der Waals surface area contributed by atoms with E-state index in [9.17, 15) is 4.79 Å². The van der Waals surface area contributed by atoms with Crippen molar-refractivity contribution in [3.8, 4) is 0 Å². The predicted octanol–water partition coefficient (Wildman–Crippen LogP) is 1.93. The zero-order valence-corrected chi connectivity index (χ0v) is 13.3. The number of methoxy groups -OCH3 is 1. The highest BCUT2D eigenvalue weighted by Gasteiger charge is 2.20. The van der Waals surface area contributed by atoms with Crippen LogP contribution in [0, 0.1) is 0 Å². The number of rotatable bonds is 6. The van der Waals surface area contributed by atoms with Crippen molar-refractivity contribution in [3.63, 3.8) is 0 Å². The molecule has 0 saturated heterocycles. The number of likely N-dealkylation sites (N-methyl/N-ethyl adjacent to an activating group) is 1. The molecular weight excluding hydrogens is 264 g/mol. The second-order valence-corrected chi connectivity index (χ2v) is 5.87. The third kappa shape index (κ3) is 4.29. The van der Waals surface area contributed by atoms with Gasteiger partial charge in [0.15, 0.2) is 0 Å². The fourth-order valence-corrected chi connectivity index (χ4v) is 2.73. The molecule has 21 heavy (non-hydrogen) atoms. The Labute approximate surface area is 127 Å². The van der Waals surface area contributed by atoms with Gasteiger partial charge in [0.1, 0.15) is 0 Å². The Morgan fingerprint density at radius 2 is 2.10 bits per heavy atom. The van der Waals surface area contributed by atoms with Gasteiger partial charge in [0.25, 0.3) is 0 Å². The summed E-state index contributed by atoms with van der Waals surface area (Å²) in [7, 11) is 3.75. The van der Waals surface area contributed by atoms with E-state index in [1.807, 2.05) is 18.0 Å². The maximum absolute atomic E-state index is 12.4. The van der Waals surface area contributed by atoms with E-state index in [0.29, 0.717) is 19.1 Å². The quantitative estimate of drug-likeness (QED) is 0.802. The molecule has 0 aromatic heterocycles. The molecule has 1 aliphatic heterocycles. The second kappa shape index (κ2) is 7.57. The Hall–Kier alpha value is -1.39. The van der Waals surface area contributed by atoms with Gasteiger partial charge in [-0.3, -0.25) is 4.79 Å². The summed E-state index contributed by atoms with van der Waals surface area (Å²) in [6.07, 6.45) is 1.55. The lowest BCUT2D eigenvalue weighted by molar-refractivity contribution is -0.132. The molecule has 0 unspecified atom stereocenters. The third-order valence-corrected chi connectivity index (χ3v) is 4.32. The van der Waals surface area contributed by atoms with Crippen LogP contribution in [-0.2, 0) is 22.5 Å². The van der Waals surface area contributed by atoms with Gasteiger partial charge in [-0.25, -0.2) is 0 Å². The van der Waals surface area contributed by atoms with Crippen molar-refractivity contribution < 1.29 is 9.53 Å². The van der Waals surface area contributed by atoms with Gasteiger partial charge in [0, 0.05) is 39.2 Å². The van der Waals surface area contributed by atoms with Crippen molar-refractivity contribution in [2.75, 3.05) is 33.9 Å². The molecule has 0 saturated carbocycles. The number of nitrogens with zero attached hydrogens (tertiary/aromatic N) is 2. The fraction of sp³-hybridized carbons (Fsp3) is 0.588. The molecule has 1 heterocycles. The van der Waals surface area contributed by atoms with E-state index < -0.39 is 0 Å². The first-order valence-electron chi connectivity index (χ1n) is 7.65. The molecule has 1 atom stereocenters. The number of hydrogen-bond acceptors (Lipinski definition) is 3. The van der Waals surface area contributed by atoms with E-state index in [-0.39, 0.29) is 5.91 Å². The van der Waals surface area contributed by atoms with Crippen LogP contribution in [0.3, 0.4) is 0 Å². The molecule has 0 N–H and O–H groups in total. The summed E-state index contributed by atoms with van der Waals surface area (Å²) in [4.78, 5) is 16.5. The molecule has 0 bridgehead atoms. The minimum Gasteiger partial charge on any atom is -0.383 e. The second-order valence-electron chi connectivity index (χ2n) is 5.87. The Kier molecular flexibility index (Phi) is 5.76. The van der Waals surface area contributed by atoms with Gasteiger partial charge >= 0.3 is 0 Å².